The summed E-state index contributed by atoms with van der Waals surface area (Å²) in [6, 6.07) is 3.89. The van der Waals surface area contributed by atoms with Crippen molar-refractivity contribution in [2.45, 2.75) is 0 Å². The third-order valence-corrected chi connectivity index (χ3v) is 1.08. The normalized spacial score (nSPS) is 9.27. The SMILES string of the molecule is NNC(=O)c1cccc(F)n1. The third kappa shape index (κ3) is 1.71. The molecule has 58 valence electrons. The summed E-state index contributed by atoms with van der Waals surface area (Å²) in [5.41, 5.74) is 1.81. The zero-order chi connectivity index (χ0) is 8.27. The smallest absolute Gasteiger partial charge is 0.283 e. The zero-order valence-corrected chi connectivity index (χ0v) is 5.54. The Morgan fingerprint density at radius 3 is 2.91 bits per heavy atom. The number of nitrogens with one attached hydrogen (secondary N) is 1. The fourth-order valence-corrected chi connectivity index (χ4v) is 0.609. The Labute approximate surface area is 62.2 Å². The van der Waals surface area contributed by atoms with Crippen LogP contribution in [-0.4, -0.2) is 10.9 Å². The van der Waals surface area contributed by atoms with Gasteiger partial charge in [0.15, 0.2) is 0 Å². The van der Waals surface area contributed by atoms with E-state index < -0.39 is 11.9 Å². The molecule has 0 aliphatic carbocycles. The zero-order valence-electron chi connectivity index (χ0n) is 5.54. The van der Waals surface area contributed by atoms with Gasteiger partial charge in [0.05, 0.1) is 0 Å². The quantitative estimate of drug-likeness (QED) is 0.256. The Morgan fingerprint density at radius 1 is 1.64 bits per heavy atom. The van der Waals surface area contributed by atoms with Crippen LogP contribution < -0.4 is 11.3 Å². The van der Waals surface area contributed by atoms with Crippen molar-refractivity contribution in [1.29, 1.82) is 0 Å². The van der Waals surface area contributed by atoms with Gasteiger partial charge in [-0.25, -0.2) is 10.8 Å². The molecule has 1 rings (SSSR count). The van der Waals surface area contributed by atoms with Crippen molar-refractivity contribution >= 4 is 5.91 Å². The highest BCUT2D eigenvalue weighted by Crippen LogP contribution is 1.96. The van der Waals surface area contributed by atoms with E-state index in [4.69, 9.17) is 5.84 Å². The van der Waals surface area contributed by atoms with Gasteiger partial charge in [0.25, 0.3) is 5.91 Å². The van der Waals surface area contributed by atoms with Crippen LogP contribution in [-0.2, 0) is 0 Å². The second-order valence-electron chi connectivity index (χ2n) is 1.82. The number of hydrazine groups is 1. The first kappa shape index (κ1) is 7.62. The molecule has 1 aromatic rings. The number of hydrogen-bond donors (Lipinski definition) is 2. The van der Waals surface area contributed by atoms with Crippen molar-refractivity contribution in [1.82, 2.24) is 10.4 Å². The van der Waals surface area contributed by atoms with Crippen LogP contribution in [0.2, 0.25) is 0 Å². The van der Waals surface area contributed by atoms with Crippen LogP contribution in [0.25, 0.3) is 0 Å². The summed E-state index contributed by atoms with van der Waals surface area (Å²) in [5.74, 6) is 3.48. The minimum Gasteiger partial charge on any atom is -0.289 e. The topological polar surface area (TPSA) is 68.0 Å². The van der Waals surface area contributed by atoms with Crippen LogP contribution in [0, 0.1) is 5.95 Å². The van der Waals surface area contributed by atoms with Gasteiger partial charge in [0, 0.05) is 0 Å². The molecule has 0 atom stereocenters. The van der Waals surface area contributed by atoms with Crippen LogP contribution >= 0.6 is 0 Å². The molecular formula is C6H6FN3O. The highest BCUT2D eigenvalue weighted by Gasteiger charge is 2.04. The van der Waals surface area contributed by atoms with Gasteiger partial charge in [-0.05, 0) is 12.1 Å². The third-order valence-electron chi connectivity index (χ3n) is 1.08. The number of halogens is 1. The van der Waals surface area contributed by atoms with Crippen molar-refractivity contribution < 1.29 is 9.18 Å². The van der Waals surface area contributed by atoms with E-state index >= 15 is 0 Å². The Balaban J connectivity index is 2.96. The molecule has 0 spiro atoms. The number of carbonyl (C=O) groups is 1. The van der Waals surface area contributed by atoms with E-state index in [0.29, 0.717) is 0 Å². The van der Waals surface area contributed by atoms with Crippen LogP contribution in [0.5, 0.6) is 0 Å². The van der Waals surface area contributed by atoms with Crippen LogP contribution in [0.1, 0.15) is 10.5 Å². The molecule has 4 nitrogen and oxygen atoms in total. The number of hydrogen-bond acceptors (Lipinski definition) is 3. The summed E-state index contributed by atoms with van der Waals surface area (Å²) in [6.07, 6.45) is 0. The summed E-state index contributed by atoms with van der Waals surface area (Å²) in [5, 5.41) is 0. The lowest BCUT2D eigenvalue weighted by atomic mass is 10.3. The van der Waals surface area contributed by atoms with E-state index in [2.05, 4.69) is 4.98 Å². The van der Waals surface area contributed by atoms with E-state index in [1.165, 1.54) is 12.1 Å². The summed E-state index contributed by atoms with van der Waals surface area (Å²) in [7, 11) is 0. The Kier molecular flexibility index (Phi) is 2.12. The van der Waals surface area contributed by atoms with Crippen LogP contribution in [0.15, 0.2) is 18.2 Å². The lowest BCUT2D eigenvalue weighted by molar-refractivity contribution is 0.0947. The summed E-state index contributed by atoms with van der Waals surface area (Å²) in [6.45, 7) is 0. The maximum Gasteiger partial charge on any atom is 0.283 e. The Morgan fingerprint density at radius 2 is 2.36 bits per heavy atom. The highest BCUT2D eigenvalue weighted by atomic mass is 19.1. The average Bonchev–Trinajstić information content (AvgIpc) is 2.03. The molecular weight excluding hydrogens is 149 g/mol. The standard InChI is InChI=1S/C6H6FN3O/c7-5-3-1-2-4(9-5)6(11)10-8/h1-3H,8H2,(H,10,11). The average molecular weight is 155 g/mol. The molecule has 0 saturated carbocycles. The molecule has 3 N–H and O–H groups in total. The van der Waals surface area contributed by atoms with E-state index in [-0.39, 0.29) is 5.69 Å². The van der Waals surface area contributed by atoms with Crippen molar-refractivity contribution in [2.24, 2.45) is 5.84 Å². The summed E-state index contributed by atoms with van der Waals surface area (Å²) in [4.78, 5) is 14.0. The highest BCUT2D eigenvalue weighted by molar-refractivity contribution is 5.91. The first-order chi connectivity index (χ1) is 5.24. The van der Waals surface area contributed by atoms with Crippen molar-refractivity contribution in [3.8, 4) is 0 Å². The number of nitrogens with two attached hydrogens (primary N) is 1. The number of amides is 1. The van der Waals surface area contributed by atoms with Gasteiger partial charge in [-0.3, -0.25) is 10.2 Å². The molecule has 0 aliphatic heterocycles. The predicted molar refractivity (Wildman–Crippen MR) is 35.8 cm³/mol. The van der Waals surface area contributed by atoms with Crippen LogP contribution in [0.4, 0.5) is 4.39 Å². The van der Waals surface area contributed by atoms with Crippen LogP contribution in [0.3, 0.4) is 0 Å². The maximum atomic E-state index is 12.3. The largest absolute Gasteiger partial charge is 0.289 e. The number of nitrogen functional groups attached to an aromatic ring is 1. The summed E-state index contributed by atoms with van der Waals surface area (Å²) >= 11 is 0. The fourth-order valence-electron chi connectivity index (χ4n) is 0.609. The van der Waals surface area contributed by atoms with Crippen molar-refractivity contribution in [2.75, 3.05) is 0 Å². The first-order valence-electron chi connectivity index (χ1n) is 2.87. The molecule has 0 radical (unpaired) electrons. The first-order valence-corrected chi connectivity index (χ1v) is 2.87. The Hall–Kier alpha value is -1.49. The molecule has 0 bridgehead atoms. The monoisotopic (exact) mass is 155 g/mol. The van der Waals surface area contributed by atoms with E-state index in [1.54, 1.807) is 0 Å². The molecule has 0 aliphatic rings. The van der Waals surface area contributed by atoms with Gasteiger partial charge in [0.1, 0.15) is 5.69 Å². The second kappa shape index (κ2) is 3.07. The van der Waals surface area contributed by atoms with Crippen molar-refractivity contribution in [3.05, 3.63) is 29.8 Å². The molecule has 0 aromatic carbocycles. The minimum atomic E-state index is -0.703. The number of nitrogens with zero attached hydrogens (tertiary/aromatic N) is 1. The van der Waals surface area contributed by atoms with E-state index in [0.717, 1.165) is 6.07 Å². The number of carbonyl (C=O) groups excluding carboxylic acids is 1. The molecule has 11 heavy (non-hydrogen) atoms. The molecule has 1 amide bonds. The molecule has 0 fully saturated rings. The second-order valence-corrected chi connectivity index (χ2v) is 1.82. The van der Waals surface area contributed by atoms with Gasteiger partial charge < -0.3 is 0 Å². The summed E-state index contributed by atoms with van der Waals surface area (Å²) < 4.78 is 12.3. The number of rotatable bonds is 1. The fraction of sp³-hybridized carbons (Fsp3) is 0. The van der Waals surface area contributed by atoms with Gasteiger partial charge in [0.2, 0.25) is 5.95 Å². The Bertz CT molecular complexity index is 276. The van der Waals surface area contributed by atoms with Gasteiger partial charge in [-0.15, -0.1) is 0 Å². The molecule has 5 heteroatoms. The van der Waals surface area contributed by atoms with Gasteiger partial charge in [-0.2, -0.15) is 4.39 Å². The molecule has 1 aromatic heterocycles. The molecule has 0 unspecified atom stereocenters. The minimum absolute atomic E-state index is 0.0347. The lowest BCUT2D eigenvalue weighted by Crippen LogP contribution is -2.30. The maximum absolute atomic E-state index is 12.3. The molecule has 1 heterocycles. The number of aromatic nitrogens is 1. The lowest BCUT2D eigenvalue weighted by Gasteiger charge is -1.96. The predicted octanol–water partition coefficient (Wildman–Crippen LogP) is -0.176. The number of pyridine rings is 1. The van der Waals surface area contributed by atoms with Crippen molar-refractivity contribution in [3.63, 3.8) is 0 Å². The molecule has 0 saturated heterocycles. The van der Waals surface area contributed by atoms with E-state index in [9.17, 15) is 9.18 Å². The van der Waals surface area contributed by atoms with Gasteiger partial charge >= 0.3 is 0 Å². The van der Waals surface area contributed by atoms with E-state index in [1.807, 2.05) is 5.43 Å². The van der Waals surface area contributed by atoms with Gasteiger partial charge in [-0.1, -0.05) is 6.07 Å².